The Morgan fingerprint density at radius 1 is 0.220 bits per heavy atom. The maximum absolute atomic E-state index is 5.55. The molecule has 5 heteroatoms. The van der Waals surface area contributed by atoms with Gasteiger partial charge in [-0.05, 0) is 152 Å². The summed E-state index contributed by atoms with van der Waals surface area (Å²) in [6.07, 6.45) is 0. The number of hydrogen-bond donors (Lipinski definition) is 0. The molecule has 4 heterocycles. The van der Waals surface area contributed by atoms with Crippen LogP contribution in [-0.4, -0.2) is 23.7 Å². The van der Waals surface area contributed by atoms with E-state index in [1.165, 1.54) is 98.9 Å². The Kier molecular flexibility index (Phi) is 12.7. The molecule has 0 aliphatic carbocycles. The lowest BCUT2D eigenvalue weighted by Crippen LogP contribution is -2.03. The van der Waals surface area contributed by atoms with Gasteiger partial charge in [0.2, 0.25) is 0 Å². The Bertz CT molecular complexity index is 5240. The van der Waals surface area contributed by atoms with E-state index in [2.05, 4.69) is 333 Å². The van der Waals surface area contributed by atoms with Crippen LogP contribution in [0.4, 0.5) is 0 Å². The lowest BCUT2D eigenvalue weighted by molar-refractivity contribution is 1.16. The van der Waals surface area contributed by atoms with E-state index in [9.17, 15) is 0 Å². The number of fused-ring (bicyclic) bond motifs is 9. The first-order valence-electron chi connectivity index (χ1n) is 31.4. The average Bonchev–Trinajstić information content (AvgIpc) is 1.60. The summed E-state index contributed by atoms with van der Waals surface area (Å²) in [5.74, 6) is 0.664. The van der Waals surface area contributed by atoms with Crippen LogP contribution in [0.25, 0.3) is 161 Å². The van der Waals surface area contributed by atoms with Crippen LogP contribution >= 0.6 is 0 Å². The van der Waals surface area contributed by atoms with Crippen LogP contribution in [0, 0.1) is 27.7 Å². The van der Waals surface area contributed by atoms with Crippen LogP contribution in [0.2, 0.25) is 0 Å². The first-order valence-corrected chi connectivity index (χ1v) is 31.4. The molecule has 4 aromatic heterocycles. The molecule has 13 aromatic carbocycles. The lowest BCUT2D eigenvalue weighted by atomic mass is 9.91. The van der Waals surface area contributed by atoms with Gasteiger partial charge in [0.15, 0.2) is 5.82 Å². The van der Waals surface area contributed by atoms with Crippen molar-refractivity contribution in [2.24, 2.45) is 0 Å². The number of aryl methyl sites for hydroxylation is 4. The highest BCUT2D eigenvalue weighted by molar-refractivity contribution is 6.14. The number of para-hydroxylation sites is 4. The fourth-order valence-electron chi connectivity index (χ4n) is 14.4. The van der Waals surface area contributed by atoms with Gasteiger partial charge in [-0.15, -0.1) is 0 Å². The molecule has 0 spiro atoms. The topological polar surface area (TPSA) is 40.6 Å². The first kappa shape index (κ1) is 53.6. The van der Waals surface area contributed by atoms with Gasteiger partial charge in [-0.2, -0.15) is 0 Å². The lowest BCUT2D eigenvalue weighted by Gasteiger charge is -2.22. The van der Waals surface area contributed by atoms with Gasteiger partial charge in [-0.1, -0.05) is 229 Å². The zero-order valence-corrected chi connectivity index (χ0v) is 51.0. The smallest absolute Gasteiger partial charge is 0.160 e. The van der Waals surface area contributed by atoms with Crippen molar-refractivity contribution in [1.82, 2.24) is 23.7 Å². The van der Waals surface area contributed by atoms with E-state index in [0.717, 1.165) is 78.4 Å². The molecule has 0 N–H and O–H groups in total. The zero-order valence-electron chi connectivity index (χ0n) is 51.0. The predicted molar refractivity (Wildman–Crippen MR) is 382 cm³/mol. The standard InChI is InChI=1S/C86H61N5/c1-54-43-55(2)46-64(45-54)62-35-41-83-75(49-62)76-50-63(65-47-56(3)44-57(4)48-65)36-42-84(76)91(83)85-73(58-31-37-67(38-32-58)89-79-27-15-11-23-69(79)70-24-12-16-28-80(70)89)51-66(78-53-77(60-19-7-5-8-20-60)87-86(88-78)61-21-9-6-10-22-61)52-74(85)59-33-39-68(40-34-59)90-81-29-17-13-25-71(81)72-26-14-18-30-82(72)90/h5-53H,1-4H3. The molecule has 0 unspecified atom stereocenters. The molecule has 91 heavy (non-hydrogen) atoms. The normalized spacial score (nSPS) is 11.7. The van der Waals surface area contributed by atoms with Crippen LogP contribution in [-0.2, 0) is 0 Å². The second-order valence-electron chi connectivity index (χ2n) is 24.5. The van der Waals surface area contributed by atoms with Crippen molar-refractivity contribution in [1.29, 1.82) is 0 Å². The summed E-state index contributed by atoms with van der Waals surface area (Å²) >= 11 is 0. The molecule has 0 radical (unpaired) electrons. The number of benzene rings is 13. The third kappa shape index (κ3) is 9.24. The monoisotopic (exact) mass is 1160 g/mol. The van der Waals surface area contributed by atoms with Crippen LogP contribution in [0.1, 0.15) is 22.3 Å². The molecule has 0 atom stereocenters. The van der Waals surface area contributed by atoms with Gasteiger partial charge in [0.25, 0.3) is 0 Å². The van der Waals surface area contributed by atoms with Gasteiger partial charge in [-0.3, -0.25) is 0 Å². The third-order valence-corrected chi connectivity index (χ3v) is 18.4. The van der Waals surface area contributed by atoms with Gasteiger partial charge in [-0.25, -0.2) is 9.97 Å². The highest BCUT2D eigenvalue weighted by atomic mass is 15.0. The molecule has 17 rings (SSSR count). The zero-order chi connectivity index (χ0) is 60.8. The van der Waals surface area contributed by atoms with Crippen molar-refractivity contribution in [3.8, 4) is 95.5 Å². The molecule has 0 aliphatic rings. The summed E-state index contributed by atoms with van der Waals surface area (Å²) in [6, 6.07) is 109. The van der Waals surface area contributed by atoms with E-state index >= 15 is 0 Å². The molecule has 0 fully saturated rings. The fraction of sp³-hybridized carbons (Fsp3) is 0.0465. The van der Waals surface area contributed by atoms with Crippen molar-refractivity contribution in [2.75, 3.05) is 0 Å². The van der Waals surface area contributed by atoms with Gasteiger partial charge >= 0.3 is 0 Å². The molecular formula is C86H61N5. The quantitative estimate of drug-likeness (QED) is 0.137. The number of aromatic nitrogens is 5. The fourth-order valence-corrected chi connectivity index (χ4v) is 14.4. The van der Waals surface area contributed by atoms with Crippen molar-refractivity contribution in [2.45, 2.75) is 27.7 Å². The van der Waals surface area contributed by atoms with E-state index in [1.807, 2.05) is 6.07 Å². The molecule has 0 saturated heterocycles. The molecule has 0 saturated carbocycles. The van der Waals surface area contributed by atoms with Crippen molar-refractivity contribution < 1.29 is 0 Å². The molecule has 17 aromatic rings. The number of nitrogens with zero attached hydrogens (tertiary/aromatic N) is 5. The summed E-state index contributed by atoms with van der Waals surface area (Å²) in [4.78, 5) is 10.8. The summed E-state index contributed by atoms with van der Waals surface area (Å²) in [7, 11) is 0. The van der Waals surface area contributed by atoms with Crippen molar-refractivity contribution >= 4 is 65.4 Å². The third-order valence-electron chi connectivity index (χ3n) is 18.4. The second-order valence-corrected chi connectivity index (χ2v) is 24.5. The van der Waals surface area contributed by atoms with Gasteiger partial charge in [0, 0.05) is 71.5 Å². The van der Waals surface area contributed by atoms with Crippen LogP contribution in [0.5, 0.6) is 0 Å². The molecule has 0 amide bonds. The Morgan fingerprint density at radius 3 is 0.967 bits per heavy atom. The number of rotatable bonds is 10. The average molecular weight is 1160 g/mol. The minimum Gasteiger partial charge on any atom is -0.309 e. The van der Waals surface area contributed by atoms with E-state index in [4.69, 9.17) is 9.97 Å². The van der Waals surface area contributed by atoms with Crippen molar-refractivity contribution in [3.63, 3.8) is 0 Å². The van der Waals surface area contributed by atoms with Gasteiger partial charge in [0.05, 0.1) is 50.2 Å². The SMILES string of the molecule is Cc1cc(C)cc(-c2ccc3c(c2)c2cc(-c4cc(C)cc(C)c4)ccc2n3-c2c(-c3ccc(-n4c5ccccc5c5ccccc54)cc3)cc(-c3cc(-c4ccccc4)nc(-c4ccccc4)n3)cc2-c2ccc(-n3c4ccccc4c4ccccc43)cc2)c1. The summed E-state index contributed by atoms with van der Waals surface area (Å²) in [6.45, 7) is 8.78. The molecule has 430 valence electrons. The maximum atomic E-state index is 5.55. The Balaban J connectivity index is 0.980. The van der Waals surface area contributed by atoms with Crippen LogP contribution in [0.3, 0.4) is 0 Å². The summed E-state index contributed by atoms with van der Waals surface area (Å²) in [5, 5.41) is 7.28. The second kappa shape index (κ2) is 21.6. The summed E-state index contributed by atoms with van der Waals surface area (Å²) in [5.41, 5.74) is 28.8. The predicted octanol–water partition coefficient (Wildman–Crippen LogP) is 22.7. The van der Waals surface area contributed by atoms with Crippen LogP contribution in [0.15, 0.2) is 297 Å². The summed E-state index contributed by atoms with van der Waals surface area (Å²) < 4.78 is 7.36. The molecule has 0 aliphatic heterocycles. The minimum absolute atomic E-state index is 0.664. The highest BCUT2D eigenvalue weighted by Crippen LogP contribution is 2.47. The van der Waals surface area contributed by atoms with Gasteiger partial charge in [0.1, 0.15) is 0 Å². The maximum Gasteiger partial charge on any atom is 0.160 e. The van der Waals surface area contributed by atoms with E-state index in [0.29, 0.717) is 5.82 Å². The first-order chi connectivity index (χ1) is 44.7. The van der Waals surface area contributed by atoms with Crippen molar-refractivity contribution in [3.05, 3.63) is 320 Å². The van der Waals surface area contributed by atoms with E-state index < -0.39 is 0 Å². The minimum atomic E-state index is 0.664. The Labute approximate surface area is 528 Å². The molecular weight excluding hydrogens is 1100 g/mol. The van der Waals surface area contributed by atoms with E-state index in [-0.39, 0.29) is 0 Å². The molecule has 0 bridgehead atoms. The highest BCUT2D eigenvalue weighted by Gasteiger charge is 2.25. The van der Waals surface area contributed by atoms with Gasteiger partial charge < -0.3 is 13.7 Å². The largest absolute Gasteiger partial charge is 0.309 e. The number of hydrogen-bond acceptors (Lipinski definition) is 2. The van der Waals surface area contributed by atoms with E-state index in [1.54, 1.807) is 0 Å². The Hall–Kier alpha value is -11.7. The van der Waals surface area contributed by atoms with Crippen LogP contribution < -0.4 is 0 Å². The molecule has 5 nitrogen and oxygen atoms in total. The Morgan fingerprint density at radius 2 is 0.560 bits per heavy atom.